The quantitative estimate of drug-likeness (QED) is 0.736. The molecule has 0 saturated heterocycles. The molecule has 6 heteroatoms. The molecular weight excluding hydrogens is 239 g/mol. The third kappa shape index (κ3) is 4.04. The molecule has 1 aromatic carbocycles. The van der Waals surface area contributed by atoms with Crippen molar-refractivity contribution in [1.29, 1.82) is 0 Å². The Hall–Kier alpha value is -2.11. The Morgan fingerprint density at radius 1 is 1.44 bits per heavy atom. The number of benzene rings is 1. The summed E-state index contributed by atoms with van der Waals surface area (Å²) in [6, 6.07) is 3.48. The molecule has 0 aliphatic heterocycles. The Kier molecular flexibility index (Phi) is 4.65. The topological polar surface area (TPSA) is 78.4 Å². The van der Waals surface area contributed by atoms with E-state index >= 15 is 0 Å². The normalized spacial score (nSPS) is 11.7. The third-order valence-corrected chi connectivity index (χ3v) is 2.30. The molecule has 1 atom stereocenters. The molecule has 18 heavy (non-hydrogen) atoms. The van der Waals surface area contributed by atoms with Crippen LogP contribution in [0.2, 0.25) is 0 Å². The second kappa shape index (κ2) is 6.00. The van der Waals surface area contributed by atoms with E-state index in [4.69, 9.17) is 5.11 Å². The molecule has 0 aliphatic carbocycles. The van der Waals surface area contributed by atoms with Crippen LogP contribution in [0.5, 0.6) is 0 Å². The Labute approximate surface area is 104 Å². The zero-order valence-corrected chi connectivity index (χ0v) is 10.2. The van der Waals surface area contributed by atoms with E-state index in [1.54, 1.807) is 13.0 Å². The van der Waals surface area contributed by atoms with Gasteiger partial charge in [0.2, 0.25) is 5.91 Å². The number of carboxylic acids is 1. The van der Waals surface area contributed by atoms with Gasteiger partial charge in [0.1, 0.15) is 11.9 Å². The first-order valence-electron chi connectivity index (χ1n) is 5.40. The van der Waals surface area contributed by atoms with Gasteiger partial charge in [0.25, 0.3) is 0 Å². The number of amides is 1. The van der Waals surface area contributed by atoms with Gasteiger partial charge in [-0.25, -0.2) is 9.18 Å². The van der Waals surface area contributed by atoms with Gasteiger partial charge in [0, 0.05) is 13.5 Å². The molecule has 0 saturated carbocycles. The maximum atomic E-state index is 13.5. The van der Waals surface area contributed by atoms with Crippen molar-refractivity contribution >= 4 is 17.6 Å². The number of anilines is 1. The average molecular weight is 254 g/mol. The van der Waals surface area contributed by atoms with Gasteiger partial charge in [-0.3, -0.25) is 4.79 Å². The highest BCUT2D eigenvalue weighted by Crippen LogP contribution is 2.14. The van der Waals surface area contributed by atoms with E-state index in [0.29, 0.717) is 0 Å². The number of aryl methyl sites for hydroxylation is 1. The van der Waals surface area contributed by atoms with E-state index in [9.17, 15) is 14.0 Å². The minimum Gasteiger partial charge on any atom is -0.480 e. The third-order valence-electron chi connectivity index (χ3n) is 2.30. The number of carbonyl (C=O) groups excluding carboxylic acids is 1. The van der Waals surface area contributed by atoms with Crippen LogP contribution in [0, 0.1) is 12.7 Å². The molecule has 0 radical (unpaired) electrons. The van der Waals surface area contributed by atoms with Crippen molar-refractivity contribution in [2.75, 3.05) is 11.9 Å². The van der Waals surface area contributed by atoms with Crippen molar-refractivity contribution in [3.8, 4) is 0 Å². The monoisotopic (exact) mass is 254 g/mol. The average Bonchev–Trinajstić information content (AvgIpc) is 2.25. The molecule has 1 rings (SSSR count). The molecule has 0 aliphatic rings. The number of halogens is 1. The number of hydrogen-bond donors (Lipinski definition) is 3. The van der Waals surface area contributed by atoms with Crippen LogP contribution in [0.1, 0.15) is 12.5 Å². The standard InChI is InChI=1S/C12H15FN2O3/c1-7-3-4-10(9(13)5-7)14-6-11(12(17)18)15-8(2)16/h3-5,11,14H,6H2,1-2H3,(H,15,16)(H,17,18). The molecule has 1 unspecified atom stereocenters. The van der Waals surface area contributed by atoms with E-state index in [0.717, 1.165) is 5.56 Å². The highest BCUT2D eigenvalue weighted by Gasteiger charge is 2.18. The maximum Gasteiger partial charge on any atom is 0.328 e. The van der Waals surface area contributed by atoms with Gasteiger partial charge in [-0.2, -0.15) is 0 Å². The van der Waals surface area contributed by atoms with Crippen molar-refractivity contribution in [2.24, 2.45) is 0 Å². The maximum absolute atomic E-state index is 13.5. The van der Waals surface area contributed by atoms with E-state index < -0.39 is 23.7 Å². The zero-order chi connectivity index (χ0) is 13.7. The van der Waals surface area contributed by atoms with Crippen LogP contribution in [-0.4, -0.2) is 29.6 Å². The number of hydrogen-bond acceptors (Lipinski definition) is 3. The Bertz CT molecular complexity index is 463. The van der Waals surface area contributed by atoms with Gasteiger partial charge in [-0.1, -0.05) is 6.07 Å². The van der Waals surface area contributed by atoms with Gasteiger partial charge in [-0.15, -0.1) is 0 Å². The van der Waals surface area contributed by atoms with Crippen molar-refractivity contribution < 1.29 is 19.1 Å². The molecule has 98 valence electrons. The fraction of sp³-hybridized carbons (Fsp3) is 0.333. The molecule has 3 N–H and O–H groups in total. The first-order valence-corrected chi connectivity index (χ1v) is 5.40. The van der Waals surface area contributed by atoms with Crippen molar-refractivity contribution in [3.63, 3.8) is 0 Å². The number of nitrogens with one attached hydrogen (secondary N) is 2. The number of aliphatic carboxylic acids is 1. The highest BCUT2D eigenvalue weighted by molar-refractivity contribution is 5.82. The fourth-order valence-corrected chi connectivity index (χ4v) is 1.42. The lowest BCUT2D eigenvalue weighted by atomic mass is 10.2. The van der Waals surface area contributed by atoms with Crippen LogP contribution in [0.3, 0.4) is 0 Å². The molecule has 1 amide bonds. The van der Waals surface area contributed by atoms with Gasteiger partial charge in [-0.05, 0) is 24.6 Å². The summed E-state index contributed by atoms with van der Waals surface area (Å²) in [4.78, 5) is 21.7. The van der Waals surface area contributed by atoms with Crippen molar-refractivity contribution in [3.05, 3.63) is 29.6 Å². The Morgan fingerprint density at radius 2 is 2.11 bits per heavy atom. The Balaban J connectivity index is 2.66. The van der Waals surface area contributed by atoms with Crippen LogP contribution in [0.15, 0.2) is 18.2 Å². The summed E-state index contributed by atoms with van der Waals surface area (Å²) in [5, 5.41) is 13.8. The van der Waals surface area contributed by atoms with Crippen LogP contribution < -0.4 is 10.6 Å². The predicted molar refractivity (Wildman–Crippen MR) is 64.9 cm³/mol. The van der Waals surface area contributed by atoms with E-state index in [1.807, 2.05) is 0 Å². The highest BCUT2D eigenvalue weighted by atomic mass is 19.1. The molecule has 0 heterocycles. The van der Waals surface area contributed by atoms with Crippen molar-refractivity contribution in [2.45, 2.75) is 19.9 Å². The molecule has 0 spiro atoms. The second-order valence-electron chi connectivity index (χ2n) is 3.96. The largest absolute Gasteiger partial charge is 0.480 e. The Morgan fingerprint density at radius 3 is 2.61 bits per heavy atom. The molecular formula is C12H15FN2O3. The van der Waals surface area contributed by atoms with Crippen LogP contribution in [0.25, 0.3) is 0 Å². The smallest absolute Gasteiger partial charge is 0.328 e. The zero-order valence-electron chi connectivity index (χ0n) is 10.2. The van der Waals surface area contributed by atoms with E-state index in [1.165, 1.54) is 19.1 Å². The minimum atomic E-state index is -1.18. The SMILES string of the molecule is CC(=O)NC(CNc1ccc(C)cc1F)C(=O)O. The number of carbonyl (C=O) groups is 2. The van der Waals surface area contributed by atoms with Gasteiger partial charge in [0.05, 0.1) is 5.69 Å². The molecule has 1 aromatic rings. The number of rotatable bonds is 5. The molecule has 5 nitrogen and oxygen atoms in total. The van der Waals surface area contributed by atoms with Crippen LogP contribution in [-0.2, 0) is 9.59 Å². The summed E-state index contributed by atoms with van der Waals surface area (Å²) >= 11 is 0. The minimum absolute atomic E-state index is 0.0884. The predicted octanol–water partition coefficient (Wildman–Crippen LogP) is 1.14. The number of carboxylic acid groups (broad SMARTS) is 1. The summed E-state index contributed by atoms with van der Waals surface area (Å²) in [5.74, 6) is -2.08. The van der Waals surface area contributed by atoms with Gasteiger partial charge in [0.15, 0.2) is 0 Å². The van der Waals surface area contributed by atoms with E-state index in [2.05, 4.69) is 10.6 Å². The summed E-state index contributed by atoms with van der Waals surface area (Å²) < 4.78 is 13.5. The summed E-state index contributed by atoms with van der Waals surface area (Å²) in [5.41, 5.74) is 0.979. The van der Waals surface area contributed by atoms with Crippen LogP contribution >= 0.6 is 0 Å². The van der Waals surface area contributed by atoms with Crippen molar-refractivity contribution in [1.82, 2.24) is 5.32 Å². The summed E-state index contributed by atoms with van der Waals surface area (Å²) in [6.07, 6.45) is 0. The summed E-state index contributed by atoms with van der Waals surface area (Å²) in [7, 11) is 0. The summed E-state index contributed by atoms with van der Waals surface area (Å²) in [6.45, 7) is 2.89. The lowest BCUT2D eigenvalue weighted by Crippen LogP contribution is -2.44. The second-order valence-corrected chi connectivity index (χ2v) is 3.96. The van der Waals surface area contributed by atoms with Gasteiger partial charge >= 0.3 is 5.97 Å². The van der Waals surface area contributed by atoms with E-state index in [-0.39, 0.29) is 12.2 Å². The molecule has 0 bridgehead atoms. The van der Waals surface area contributed by atoms with Gasteiger partial charge < -0.3 is 15.7 Å². The molecule has 0 fully saturated rings. The molecule has 0 aromatic heterocycles. The lowest BCUT2D eigenvalue weighted by molar-refractivity contribution is -0.141. The lowest BCUT2D eigenvalue weighted by Gasteiger charge is -2.15. The first kappa shape index (κ1) is 14.0. The first-order chi connectivity index (χ1) is 8.40. The fourth-order valence-electron chi connectivity index (χ4n) is 1.42. The van der Waals surface area contributed by atoms with Crippen LogP contribution in [0.4, 0.5) is 10.1 Å².